The van der Waals surface area contributed by atoms with Gasteiger partial charge < -0.3 is 4.90 Å². The highest BCUT2D eigenvalue weighted by molar-refractivity contribution is 5.85. The van der Waals surface area contributed by atoms with Crippen molar-refractivity contribution < 1.29 is 9.59 Å². The van der Waals surface area contributed by atoms with Gasteiger partial charge in [0.15, 0.2) is 0 Å². The Morgan fingerprint density at radius 1 is 1.19 bits per heavy atom. The van der Waals surface area contributed by atoms with Crippen molar-refractivity contribution in [1.82, 2.24) is 9.80 Å². The molecule has 2 saturated heterocycles. The maximum absolute atomic E-state index is 12.1. The molecule has 90 valence electrons. The maximum Gasteiger partial charge on any atom is 0.239 e. The van der Waals surface area contributed by atoms with Crippen LogP contribution in [0, 0.1) is 0 Å². The number of piperidine rings is 1. The van der Waals surface area contributed by atoms with E-state index in [-0.39, 0.29) is 17.7 Å². The molecule has 0 spiro atoms. The van der Waals surface area contributed by atoms with Gasteiger partial charge in [0.25, 0.3) is 0 Å². The number of carbonyl (C=O) groups is 2. The van der Waals surface area contributed by atoms with Crippen LogP contribution >= 0.6 is 0 Å². The average Bonchev–Trinajstić information content (AvgIpc) is 2.80. The average molecular weight is 224 g/mol. The van der Waals surface area contributed by atoms with Crippen LogP contribution in [0.3, 0.4) is 0 Å². The molecule has 4 nitrogen and oxygen atoms in total. The minimum absolute atomic E-state index is 0.123. The van der Waals surface area contributed by atoms with Crippen LogP contribution in [-0.2, 0) is 9.59 Å². The van der Waals surface area contributed by atoms with Crippen LogP contribution in [0.5, 0.6) is 0 Å². The highest BCUT2D eigenvalue weighted by Gasteiger charge is 2.30. The third-order valence-corrected chi connectivity index (χ3v) is 3.60. The Morgan fingerprint density at radius 2 is 1.88 bits per heavy atom. The number of ketones is 1. The third kappa shape index (κ3) is 2.43. The first-order chi connectivity index (χ1) is 7.68. The lowest BCUT2D eigenvalue weighted by Gasteiger charge is -2.32. The van der Waals surface area contributed by atoms with Gasteiger partial charge in [-0.15, -0.1) is 0 Å². The Morgan fingerprint density at radius 3 is 2.50 bits per heavy atom. The van der Waals surface area contributed by atoms with Crippen LogP contribution in [-0.4, -0.2) is 53.7 Å². The minimum Gasteiger partial charge on any atom is -0.341 e. The fourth-order valence-electron chi connectivity index (χ4n) is 2.55. The van der Waals surface area contributed by atoms with E-state index in [1.165, 1.54) is 0 Å². The van der Waals surface area contributed by atoms with Gasteiger partial charge in [0.2, 0.25) is 5.91 Å². The molecule has 2 rings (SSSR count). The van der Waals surface area contributed by atoms with Crippen molar-refractivity contribution in [2.24, 2.45) is 0 Å². The van der Waals surface area contributed by atoms with Crippen LogP contribution in [0.25, 0.3) is 0 Å². The van der Waals surface area contributed by atoms with E-state index in [0.29, 0.717) is 13.0 Å². The molecule has 0 aromatic rings. The van der Waals surface area contributed by atoms with Crippen molar-refractivity contribution in [3.63, 3.8) is 0 Å². The van der Waals surface area contributed by atoms with Crippen molar-refractivity contribution in [3.8, 4) is 0 Å². The molecule has 2 heterocycles. The quantitative estimate of drug-likeness (QED) is 0.692. The lowest BCUT2D eigenvalue weighted by molar-refractivity contribution is -0.137. The summed E-state index contributed by atoms with van der Waals surface area (Å²) in [5.41, 5.74) is 0. The van der Waals surface area contributed by atoms with Gasteiger partial charge in [-0.3, -0.25) is 14.5 Å². The molecule has 0 bridgehead atoms. The lowest BCUT2D eigenvalue weighted by atomic mass is 10.1. The van der Waals surface area contributed by atoms with Crippen molar-refractivity contribution >= 4 is 11.7 Å². The summed E-state index contributed by atoms with van der Waals surface area (Å²) in [4.78, 5) is 27.4. The molecular weight excluding hydrogens is 204 g/mol. The highest BCUT2D eigenvalue weighted by atomic mass is 16.2. The molecular formula is C12H20N2O2. The second kappa shape index (κ2) is 4.95. The summed E-state index contributed by atoms with van der Waals surface area (Å²) in [7, 11) is 0. The number of amides is 1. The minimum atomic E-state index is -0.123. The molecule has 0 saturated carbocycles. The summed E-state index contributed by atoms with van der Waals surface area (Å²) in [6.07, 6.45) is 3.83. The van der Waals surface area contributed by atoms with Gasteiger partial charge in [0.1, 0.15) is 5.78 Å². The monoisotopic (exact) mass is 224 g/mol. The summed E-state index contributed by atoms with van der Waals surface area (Å²) in [6.45, 7) is 5.06. The van der Waals surface area contributed by atoms with Crippen LogP contribution in [0.1, 0.15) is 32.6 Å². The number of Topliss-reactive ketones (excluding diaryl/α,β-unsaturated/α-hetero) is 1. The third-order valence-electron chi connectivity index (χ3n) is 3.60. The van der Waals surface area contributed by atoms with Gasteiger partial charge in [-0.2, -0.15) is 0 Å². The van der Waals surface area contributed by atoms with E-state index in [9.17, 15) is 9.59 Å². The molecule has 0 aromatic heterocycles. The number of hydrogen-bond donors (Lipinski definition) is 0. The van der Waals surface area contributed by atoms with E-state index in [4.69, 9.17) is 0 Å². The number of hydrogen-bond acceptors (Lipinski definition) is 3. The zero-order valence-corrected chi connectivity index (χ0v) is 9.95. The number of carbonyl (C=O) groups excluding carboxylic acids is 2. The Hall–Kier alpha value is -0.900. The summed E-state index contributed by atoms with van der Waals surface area (Å²) >= 11 is 0. The maximum atomic E-state index is 12.1. The van der Waals surface area contributed by atoms with Gasteiger partial charge >= 0.3 is 0 Å². The van der Waals surface area contributed by atoms with Crippen LogP contribution < -0.4 is 0 Å². The number of rotatable bonds is 2. The molecule has 0 aromatic carbocycles. The number of nitrogens with zero attached hydrogens (tertiary/aromatic N) is 2. The van der Waals surface area contributed by atoms with E-state index in [1.54, 1.807) is 0 Å². The van der Waals surface area contributed by atoms with E-state index in [2.05, 4.69) is 0 Å². The van der Waals surface area contributed by atoms with Crippen LogP contribution in [0.4, 0.5) is 0 Å². The molecule has 4 heteroatoms. The van der Waals surface area contributed by atoms with Crippen molar-refractivity contribution in [3.05, 3.63) is 0 Å². The normalized spacial score (nSPS) is 24.8. The first kappa shape index (κ1) is 11.6. The fraction of sp³-hybridized carbons (Fsp3) is 0.833. The largest absolute Gasteiger partial charge is 0.341 e. The summed E-state index contributed by atoms with van der Waals surface area (Å²) in [5.74, 6) is 0.472. The summed E-state index contributed by atoms with van der Waals surface area (Å²) in [6, 6.07) is -0.123. The second-order valence-corrected chi connectivity index (χ2v) is 4.82. The SMILES string of the molecule is CC(C(=O)N1CCCC1)N1CCCC(=O)C1. The van der Waals surface area contributed by atoms with Crippen molar-refractivity contribution in [1.29, 1.82) is 0 Å². The zero-order chi connectivity index (χ0) is 11.5. The molecule has 1 atom stereocenters. The van der Waals surface area contributed by atoms with Gasteiger partial charge in [-0.25, -0.2) is 0 Å². The molecule has 0 N–H and O–H groups in total. The molecule has 2 fully saturated rings. The van der Waals surface area contributed by atoms with Gasteiger partial charge in [0.05, 0.1) is 12.6 Å². The molecule has 1 unspecified atom stereocenters. The smallest absolute Gasteiger partial charge is 0.239 e. The molecule has 1 amide bonds. The Bertz CT molecular complexity index is 285. The lowest BCUT2D eigenvalue weighted by Crippen LogP contribution is -2.49. The first-order valence-electron chi connectivity index (χ1n) is 6.23. The second-order valence-electron chi connectivity index (χ2n) is 4.82. The summed E-state index contributed by atoms with van der Waals surface area (Å²) in [5, 5.41) is 0. The molecule has 2 aliphatic heterocycles. The Balaban J connectivity index is 1.92. The molecule has 16 heavy (non-hydrogen) atoms. The van der Waals surface area contributed by atoms with Gasteiger partial charge in [-0.05, 0) is 32.7 Å². The summed E-state index contributed by atoms with van der Waals surface area (Å²) < 4.78 is 0. The highest BCUT2D eigenvalue weighted by Crippen LogP contribution is 2.15. The van der Waals surface area contributed by atoms with Gasteiger partial charge in [-0.1, -0.05) is 0 Å². The standard InChI is InChI=1S/C12H20N2O2/c1-10(12(16)13-6-2-3-7-13)14-8-4-5-11(15)9-14/h10H,2-9H2,1H3. The predicted molar refractivity (Wildman–Crippen MR) is 61.1 cm³/mol. The molecule has 0 radical (unpaired) electrons. The first-order valence-corrected chi connectivity index (χ1v) is 6.23. The fourth-order valence-corrected chi connectivity index (χ4v) is 2.55. The predicted octanol–water partition coefficient (Wildman–Crippen LogP) is 0.662. The van der Waals surface area contributed by atoms with Crippen LogP contribution in [0.15, 0.2) is 0 Å². The Labute approximate surface area is 96.6 Å². The Kier molecular flexibility index (Phi) is 3.59. The number of likely N-dealkylation sites (tertiary alicyclic amines) is 2. The molecule has 2 aliphatic rings. The van der Waals surface area contributed by atoms with Crippen molar-refractivity contribution in [2.75, 3.05) is 26.2 Å². The molecule has 0 aliphatic carbocycles. The van der Waals surface area contributed by atoms with E-state index in [1.807, 2.05) is 16.7 Å². The van der Waals surface area contributed by atoms with E-state index in [0.717, 1.165) is 38.9 Å². The van der Waals surface area contributed by atoms with Gasteiger partial charge in [0, 0.05) is 19.5 Å². The topological polar surface area (TPSA) is 40.6 Å². The zero-order valence-electron chi connectivity index (χ0n) is 9.95. The van der Waals surface area contributed by atoms with E-state index < -0.39 is 0 Å². The van der Waals surface area contributed by atoms with Crippen LogP contribution in [0.2, 0.25) is 0 Å². The van der Waals surface area contributed by atoms with Crippen molar-refractivity contribution in [2.45, 2.75) is 38.6 Å². The van der Waals surface area contributed by atoms with E-state index >= 15 is 0 Å².